The summed E-state index contributed by atoms with van der Waals surface area (Å²) in [7, 11) is 1.26. The number of hydrogen-bond donors (Lipinski definition) is 1. The van der Waals surface area contributed by atoms with E-state index in [0.29, 0.717) is 5.56 Å². The average molecular weight is 336 g/mol. The van der Waals surface area contributed by atoms with E-state index >= 15 is 0 Å². The van der Waals surface area contributed by atoms with Crippen molar-refractivity contribution in [1.29, 1.82) is 0 Å². The molecular weight excluding hydrogens is 312 g/mol. The molecule has 0 aliphatic carbocycles. The van der Waals surface area contributed by atoms with Crippen LogP contribution in [0.4, 0.5) is 4.79 Å². The molecule has 0 saturated heterocycles. The first kappa shape index (κ1) is 19.5. The van der Waals surface area contributed by atoms with Crippen molar-refractivity contribution in [2.45, 2.75) is 26.4 Å². The molecule has 0 heterocycles. The Labute approximate surface area is 141 Å². The van der Waals surface area contributed by atoms with E-state index in [1.54, 1.807) is 51.1 Å². The topological polar surface area (TPSA) is 84.9 Å². The molecule has 0 aromatic heterocycles. The second-order valence-corrected chi connectivity index (χ2v) is 6.10. The van der Waals surface area contributed by atoms with Crippen molar-refractivity contribution in [3.63, 3.8) is 0 Å². The van der Waals surface area contributed by atoms with E-state index in [1.165, 1.54) is 12.0 Å². The predicted octanol–water partition coefficient (Wildman–Crippen LogP) is 1.83. The number of nitrogens with zero attached hydrogens (tertiary/aromatic N) is 1. The molecule has 0 unspecified atom stereocenters. The van der Waals surface area contributed by atoms with Crippen molar-refractivity contribution in [2.75, 3.05) is 26.7 Å². The minimum Gasteiger partial charge on any atom is -0.468 e. The fraction of sp³-hybridized carbons (Fsp3) is 0.471. The smallest absolute Gasteiger partial charge is 0.407 e. The van der Waals surface area contributed by atoms with Gasteiger partial charge in [0, 0.05) is 18.7 Å². The Morgan fingerprint density at radius 3 is 2.29 bits per heavy atom. The molecular formula is C17H24N2O5. The fourth-order valence-electron chi connectivity index (χ4n) is 1.84. The zero-order chi connectivity index (χ0) is 18.2. The van der Waals surface area contributed by atoms with E-state index in [1.807, 2.05) is 0 Å². The number of nitrogens with one attached hydrogen (secondary N) is 1. The lowest BCUT2D eigenvalue weighted by molar-refractivity contribution is -0.141. The fourth-order valence-corrected chi connectivity index (χ4v) is 1.84. The molecule has 1 rings (SSSR count). The summed E-state index contributed by atoms with van der Waals surface area (Å²) >= 11 is 0. The van der Waals surface area contributed by atoms with Gasteiger partial charge in [-0.15, -0.1) is 0 Å². The lowest BCUT2D eigenvalue weighted by Crippen LogP contribution is -2.42. The Hall–Kier alpha value is -2.57. The van der Waals surface area contributed by atoms with Crippen molar-refractivity contribution in [3.05, 3.63) is 35.9 Å². The number of esters is 1. The van der Waals surface area contributed by atoms with Crippen LogP contribution in [0.5, 0.6) is 0 Å². The van der Waals surface area contributed by atoms with Crippen LogP contribution in [0.25, 0.3) is 0 Å². The molecule has 24 heavy (non-hydrogen) atoms. The van der Waals surface area contributed by atoms with Crippen molar-refractivity contribution in [3.8, 4) is 0 Å². The number of carbonyl (C=O) groups excluding carboxylic acids is 3. The van der Waals surface area contributed by atoms with Crippen LogP contribution < -0.4 is 5.32 Å². The first-order valence-electron chi connectivity index (χ1n) is 7.61. The van der Waals surface area contributed by atoms with Crippen molar-refractivity contribution >= 4 is 18.0 Å². The van der Waals surface area contributed by atoms with E-state index < -0.39 is 17.7 Å². The number of amides is 2. The molecule has 0 spiro atoms. The van der Waals surface area contributed by atoms with Gasteiger partial charge in [0.25, 0.3) is 5.91 Å². The predicted molar refractivity (Wildman–Crippen MR) is 88.6 cm³/mol. The van der Waals surface area contributed by atoms with E-state index in [4.69, 9.17) is 4.74 Å². The van der Waals surface area contributed by atoms with Crippen LogP contribution in [0.3, 0.4) is 0 Å². The van der Waals surface area contributed by atoms with Gasteiger partial charge in [-0.25, -0.2) is 4.79 Å². The maximum Gasteiger partial charge on any atom is 0.407 e. The SMILES string of the molecule is COC(=O)CN(CCNC(=O)OC(C)(C)C)C(=O)c1ccccc1. The number of benzene rings is 1. The molecule has 0 aliphatic rings. The molecule has 1 N–H and O–H groups in total. The average Bonchev–Trinajstić information content (AvgIpc) is 2.52. The standard InChI is InChI=1S/C17H24N2O5/c1-17(2,3)24-16(22)18-10-11-19(12-14(20)23-4)15(21)13-8-6-5-7-9-13/h5-9H,10-12H2,1-4H3,(H,18,22). The molecule has 0 saturated carbocycles. The normalized spacial score (nSPS) is 10.7. The second-order valence-electron chi connectivity index (χ2n) is 6.10. The number of methoxy groups -OCH3 is 1. The highest BCUT2D eigenvalue weighted by Crippen LogP contribution is 2.07. The zero-order valence-electron chi connectivity index (χ0n) is 14.5. The van der Waals surface area contributed by atoms with Gasteiger partial charge < -0.3 is 19.7 Å². The summed E-state index contributed by atoms with van der Waals surface area (Å²) in [5.41, 5.74) is -0.144. The Morgan fingerprint density at radius 2 is 1.75 bits per heavy atom. The highest BCUT2D eigenvalue weighted by Gasteiger charge is 2.20. The molecule has 0 bridgehead atoms. The van der Waals surface area contributed by atoms with Crippen LogP contribution in [-0.2, 0) is 14.3 Å². The van der Waals surface area contributed by atoms with Crippen LogP contribution in [0.2, 0.25) is 0 Å². The van der Waals surface area contributed by atoms with Crippen molar-refractivity contribution in [1.82, 2.24) is 10.2 Å². The minimum atomic E-state index is -0.602. The Balaban J connectivity index is 2.65. The van der Waals surface area contributed by atoms with Crippen molar-refractivity contribution in [2.24, 2.45) is 0 Å². The highest BCUT2D eigenvalue weighted by molar-refractivity contribution is 5.96. The van der Waals surface area contributed by atoms with Gasteiger partial charge in [0.2, 0.25) is 0 Å². The van der Waals surface area contributed by atoms with Gasteiger partial charge in [-0.1, -0.05) is 18.2 Å². The third-order valence-electron chi connectivity index (χ3n) is 2.91. The summed E-state index contributed by atoms with van der Waals surface area (Å²) in [6, 6.07) is 8.60. The Bertz CT molecular complexity index is 566. The number of ether oxygens (including phenoxy) is 2. The number of carbonyl (C=O) groups is 3. The van der Waals surface area contributed by atoms with E-state index in [2.05, 4.69) is 10.1 Å². The van der Waals surface area contributed by atoms with Crippen LogP contribution in [-0.4, -0.2) is 55.2 Å². The summed E-state index contributed by atoms with van der Waals surface area (Å²) in [5, 5.41) is 2.56. The Kier molecular flexibility index (Phi) is 7.23. The van der Waals surface area contributed by atoms with Crippen LogP contribution >= 0.6 is 0 Å². The lowest BCUT2D eigenvalue weighted by atomic mass is 10.2. The zero-order valence-corrected chi connectivity index (χ0v) is 14.5. The van der Waals surface area contributed by atoms with E-state index in [9.17, 15) is 14.4 Å². The molecule has 0 fully saturated rings. The number of alkyl carbamates (subject to hydrolysis) is 1. The molecule has 132 valence electrons. The minimum absolute atomic E-state index is 0.155. The molecule has 7 nitrogen and oxygen atoms in total. The molecule has 7 heteroatoms. The number of hydrogen-bond acceptors (Lipinski definition) is 5. The van der Waals surface area contributed by atoms with Gasteiger partial charge >= 0.3 is 12.1 Å². The van der Waals surface area contributed by atoms with E-state index in [-0.39, 0.29) is 25.5 Å². The lowest BCUT2D eigenvalue weighted by Gasteiger charge is -2.23. The van der Waals surface area contributed by atoms with Gasteiger partial charge in [-0.3, -0.25) is 9.59 Å². The quantitative estimate of drug-likeness (QED) is 0.801. The highest BCUT2D eigenvalue weighted by atomic mass is 16.6. The Morgan fingerprint density at radius 1 is 1.12 bits per heavy atom. The largest absolute Gasteiger partial charge is 0.468 e. The van der Waals surface area contributed by atoms with Gasteiger partial charge in [-0.2, -0.15) is 0 Å². The summed E-state index contributed by atoms with van der Waals surface area (Å²) < 4.78 is 9.74. The van der Waals surface area contributed by atoms with Crippen LogP contribution in [0, 0.1) is 0 Å². The molecule has 0 aliphatic heterocycles. The van der Waals surface area contributed by atoms with Crippen LogP contribution in [0.1, 0.15) is 31.1 Å². The first-order chi connectivity index (χ1) is 11.2. The third-order valence-corrected chi connectivity index (χ3v) is 2.91. The van der Waals surface area contributed by atoms with Gasteiger partial charge in [-0.05, 0) is 32.9 Å². The van der Waals surface area contributed by atoms with Crippen molar-refractivity contribution < 1.29 is 23.9 Å². The van der Waals surface area contributed by atoms with Gasteiger partial charge in [0.15, 0.2) is 0 Å². The monoisotopic (exact) mass is 336 g/mol. The van der Waals surface area contributed by atoms with Gasteiger partial charge in [0.1, 0.15) is 12.1 Å². The maximum absolute atomic E-state index is 12.5. The first-order valence-corrected chi connectivity index (χ1v) is 7.61. The maximum atomic E-state index is 12.5. The molecule has 2 amide bonds. The third kappa shape index (κ3) is 7.13. The molecule has 0 atom stereocenters. The molecule has 0 radical (unpaired) electrons. The summed E-state index contributed by atoms with van der Waals surface area (Å²) in [6.45, 7) is 5.39. The molecule has 1 aromatic carbocycles. The van der Waals surface area contributed by atoms with Crippen LogP contribution in [0.15, 0.2) is 30.3 Å². The van der Waals surface area contributed by atoms with E-state index in [0.717, 1.165) is 0 Å². The number of rotatable bonds is 6. The summed E-state index contributed by atoms with van der Waals surface area (Å²) in [5.74, 6) is -0.844. The summed E-state index contributed by atoms with van der Waals surface area (Å²) in [4.78, 5) is 36.9. The molecule has 1 aromatic rings. The summed E-state index contributed by atoms with van der Waals surface area (Å²) in [6.07, 6.45) is -0.576. The van der Waals surface area contributed by atoms with Gasteiger partial charge in [0.05, 0.1) is 7.11 Å². The second kappa shape index (κ2) is 8.90.